The molecule has 2 amide bonds. The molecule has 5 nitrogen and oxygen atoms in total. The van der Waals surface area contributed by atoms with E-state index in [9.17, 15) is 9.90 Å². The van der Waals surface area contributed by atoms with Crippen LogP contribution in [0, 0.1) is 0 Å². The minimum Gasteiger partial charge on any atom is -0.493 e. The molecule has 120 valence electrons. The molecule has 23 heavy (non-hydrogen) atoms. The lowest BCUT2D eigenvalue weighted by molar-refractivity contribution is 0.000399. The Morgan fingerprint density at radius 3 is 2.78 bits per heavy atom. The van der Waals surface area contributed by atoms with Crippen LogP contribution in [0.5, 0.6) is 5.75 Å². The van der Waals surface area contributed by atoms with Gasteiger partial charge >= 0.3 is 6.03 Å². The number of carbonyl (C=O) groups is 1. The van der Waals surface area contributed by atoms with Crippen LogP contribution >= 0.6 is 11.6 Å². The maximum atomic E-state index is 12.0. The maximum Gasteiger partial charge on any atom is 0.319 e. The summed E-state index contributed by atoms with van der Waals surface area (Å²) in [6.07, 6.45) is 0.413. The molecule has 0 bridgehead atoms. The van der Waals surface area contributed by atoms with Gasteiger partial charge in [-0.1, -0.05) is 41.9 Å². The molecular formula is C17H17ClN2O3. The van der Waals surface area contributed by atoms with Crippen molar-refractivity contribution in [3.63, 3.8) is 0 Å². The van der Waals surface area contributed by atoms with Gasteiger partial charge in [0.05, 0.1) is 23.9 Å². The third-order valence-electron chi connectivity index (χ3n) is 3.83. The highest BCUT2D eigenvalue weighted by Crippen LogP contribution is 2.36. The summed E-state index contributed by atoms with van der Waals surface area (Å²) >= 11 is 6.00. The summed E-state index contributed by atoms with van der Waals surface area (Å²) in [7, 11) is 0. The molecule has 3 N–H and O–H groups in total. The highest BCUT2D eigenvalue weighted by molar-refractivity contribution is 6.33. The molecule has 3 rings (SSSR count). The summed E-state index contributed by atoms with van der Waals surface area (Å²) in [5, 5.41) is 16.7. The van der Waals surface area contributed by atoms with Crippen LogP contribution in [0.15, 0.2) is 48.5 Å². The number of halogens is 1. The quantitative estimate of drug-likeness (QED) is 0.808. The van der Waals surface area contributed by atoms with E-state index in [1.807, 2.05) is 24.3 Å². The zero-order chi connectivity index (χ0) is 16.3. The molecule has 0 fully saturated rings. The van der Waals surface area contributed by atoms with Crippen molar-refractivity contribution >= 4 is 23.3 Å². The van der Waals surface area contributed by atoms with E-state index < -0.39 is 11.6 Å². The molecule has 1 unspecified atom stereocenters. The minimum absolute atomic E-state index is 0.0870. The Morgan fingerprint density at radius 2 is 1.96 bits per heavy atom. The van der Waals surface area contributed by atoms with Crippen molar-refractivity contribution in [3.8, 4) is 5.75 Å². The van der Waals surface area contributed by atoms with Gasteiger partial charge in [0, 0.05) is 12.0 Å². The van der Waals surface area contributed by atoms with Crippen molar-refractivity contribution in [2.24, 2.45) is 0 Å². The first kappa shape index (κ1) is 15.6. The van der Waals surface area contributed by atoms with E-state index in [-0.39, 0.29) is 6.54 Å². The van der Waals surface area contributed by atoms with Gasteiger partial charge in [-0.15, -0.1) is 0 Å². The van der Waals surface area contributed by atoms with E-state index in [4.69, 9.17) is 16.3 Å². The van der Waals surface area contributed by atoms with Crippen LogP contribution < -0.4 is 15.4 Å². The number of para-hydroxylation sites is 2. The van der Waals surface area contributed by atoms with Gasteiger partial charge in [0.1, 0.15) is 11.4 Å². The van der Waals surface area contributed by atoms with E-state index in [1.165, 1.54) is 0 Å². The first-order chi connectivity index (χ1) is 11.1. The van der Waals surface area contributed by atoms with Gasteiger partial charge in [-0.25, -0.2) is 4.79 Å². The van der Waals surface area contributed by atoms with Gasteiger partial charge < -0.3 is 20.5 Å². The van der Waals surface area contributed by atoms with Crippen molar-refractivity contribution in [1.82, 2.24) is 5.32 Å². The summed E-state index contributed by atoms with van der Waals surface area (Å²) in [4.78, 5) is 12.0. The summed E-state index contributed by atoms with van der Waals surface area (Å²) in [6.45, 7) is 0.491. The normalized spacial score (nSPS) is 19.4. The lowest BCUT2D eigenvalue weighted by Crippen LogP contribution is -2.45. The van der Waals surface area contributed by atoms with E-state index in [0.717, 1.165) is 0 Å². The molecule has 1 atom stereocenters. The molecule has 0 saturated carbocycles. The van der Waals surface area contributed by atoms with Gasteiger partial charge in [-0.3, -0.25) is 0 Å². The fourth-order valence-electron chi connectivity index (χ4n) is 2.58. The van der Waals surface area contributed by atoms with Gasteiger partial charge in [-0.05, 0) is 18.2 Å². The Bertz CT molecular complexity index is 722. The largest absolute Gasteiger partial charge is 0.493 e. The van der Waals surface area contributed by atoms with Crippen LogP contribution in [0.2, 0.25) is 5.02 Å². The lowest BCUT2D eigenvalue weighted by Gasteiger charge is -2.34. The van der Waals surface area contributed by atoms with Gasteiger partial charge in [0.15, 0.2) is 0 Å². The maximum absolute atomic E-state index is 12.0. The zero-order valence-electron chi connectivity index (χ0n) is 12.4. The number of hydrogen-bond donors (Lipinski definition) is 3. The predicted molar refractivity (Wildman–Crippen MR) is 88.9 cm³/mol. The molecule has 1 aliphatic heterocycles. The van der Waals surface area contributed by atoms with Crippen LogP contribution in [-0.4, -0.2) is 24.3 Å². The molecule has 1 aliphatic rings. The summed E-state index contributed by atoms with van der Waals surface area (Å²) in [5.41, 5.74) is 0.0578. The number of rotatable bonds is 3. The highest BCUT2D eigenvalue weighted by Gasteiger charge is 2.35. The second-order valence-electron chi connectivity index (χ2n) is 5.41. The van der Waals surface area contributed by atoms with E-state index in [0.29, 0.717) is 35.1 Å². The second kappa shape index (κ2) is 6.48. The average Bonchev–Trinajstić information content (AvgIpc) is 2.56. The second-order valence-corrected chi connectivity index (χ2v) is 5.82. The number of carbonyl (C=O) groups excluding carboxylic acids is 1. The van der Waals surface area contributed by atoms with Crippen molar-refractivity contribution in [3.05, 3.63) is 59.1 Å². The Kier molecular flexibility index (Phi) is 4.41. The van der Waals surface area contributed by atoms with E-state index in [2.05, 4.69) is 10.6 Å². The smallest absolute Gasteiger partial charge is 0.319 e. The van der Waals surface area contributed by atoms with Gasteiger partial charge in [-0.2, -0.15) is 0 Å². The monoisotopic (exact) mass is 332 g/mol. The van der Waals surface area contributed by atoms with E-state index >= 15 is 0 Å². The molecule has 0 aliphatic carbocycles. The third-order valence-corrected chi connectivity index (χ3v) is 4.15. The molecule has 1 heterocycles. The molecule has 0 aromatic heterocycles. The molecule has 6 heteroatoms. The van der Waals surface area contributed by atoms with Crippen LogP contribution in [0.4, 0.5) is 10.5 Å². The topological polar surface area (TPSA) is 70.6 Å². The minimum atomic E-state index is -1.15. The molecule has 0 radical (unpaired) electrons. The molecule has 0 saturated heterocycles. The number of aliphatic hydroxyl groups is 1. The Morgan fingerprint density at radius 1 is 1.22 bits per heavy atom. The third kappa shape index (κ3) is 3.41. The Balaban J connectivity index is 1.66. The van der Waals surface area contributed by atoms with Crippen LogP contribution in [0.25, 0.3) is 0 Å². The average molecular weight is 333 g/mol. The highest BCUT2D eigenvalue weighted by atomic mass is 35.5. The molecule has 0 spiro atoms. The lowest BCUT2D eigenvalue weighted by atomic mass is 9.88. The fraction of sp³-hybridized carbons (Fsp3) is 0.235. The van der Waals surface area contributed by atoms with Crippen LogP contribution in [0.3, 0.4) is 0 Å². The molecule has 2 aromatic carbocycles. The first-order valence-corrected chi connectivity index (χ1v) is 7.70. The van der Waals surface area contributed by atoms with E-state index in [1.54, 1.807) is 24.3 Å². The number of benzene rings is 2. The first-order valence-electron chi connectivity index (χ1n) is 7.32. The summed E-state index contributed by atoms with van der Waals surface area (Å²) in [5.74, 6) is 0.648. The number of amides is 2. The van der Waals surface area contributed by atoms with Crippen molar-refractivity contribution in [1.29, 1.82) is 0 Å². The Hall–Kier alpha value is -2.24. The number of anilines is 1. The number of ether oxygens (including phenoxy) is 1. The van der Waals surface area contributed by atoms with Crippen molar-refractivity contribution in [2.45, 2.75) is 12.0 Å². The standard InChI is InChI=1S/C17H17ClN2O3/c18-13-6-2-3-7-14(13)20-16(21)19-11-17(22)9-10-23-15-8-4-1-5-12(15)17/h1-8,22H,9-11H2,(H2,19,20,21). The van der Waals surface area contributed by atoms with Crippen LogP contribution in [-0.2, 0) is 5.60 Å². The number of hydrogen-bond acceptors (Lipinski definition) is 3. The Labute approximate surface area is 139 Å². The summed E-state index contributed by atoms with van der Waals surface area (Å²) in [6, 6.07) is 13.8. The van der Waals surface area contributed by atoms with Crippen molar-refractivity contribution in [2.75, 3.05) is 18.5 Å². The van der Waals surface area contributed by atoms with Crippen molar-refractivity contribution < 1.29 is 14.6 Å². The number of nitrogens with one attached hydrogen (secondary N) is 2. The van der Waals surface area contributed by atoms with Crippen LogP contribution in [0.1, 0.15) is 12.0 Å². The molecular weight excluding hydrogens is 316 g/mol. The number of fused-ring (bicyclic) bond motifs is 1. The SMILES string of the molecule is O=C(NCC1(O)CCOc2ccccc21)Nc1ccccc1Cl. The molecule has 2 aromatic rings. The fourth-order valence-corrected chi connectivity index (χ4v) is 2.76. The zero-order valence-corrected chi connectivity index (χ0v) is 13.1. The van der Waals surface area contributed by atoms with Gasteiger partial charge in [0.25, 0.3) is 0 Å². The van der Waals surface area contributed by atoms with Gasteiger partial charge in [0.2, 0.25) is 0 Å². The number of urea groups is 1. The summed E-state index contributed by atoms with van der Waals surface area (Å²) < 4.78 is 5.53. The predicted octanol–water partition coefficient (Wildman–Crippen LogP) is 3.13.